The second-order valence-electron chi connectivity index (χ2n) is 8.27. The maximum Gasteiger partial charge on any atom is 0.0715 e. The number of benzene rings is 3. The van der Waals surface area contributed by atoms with Crippen LogP contribution in [0.25, 0.3) is 33.3 Å². The number of para-hydroxylation sites is 1. The molecule has 4 rings (SSSR count). The Morgan fingerprint density at radius 1 is 0.704 bits per heavy atom. The third-order valence-corrected chi connectivity index (χ3v) is 5.13. The summed E-state index contributed by atoms with van der Waals surface area (Å²) in [5.41, 5.74) is 8.44. The summed E-state index contributed by atoms with van der Waals surface area (Å²) in [6.07, 6.45) is 0. The molecule has 1 aromatic heterocycles. The summed E-state index contributed by atoms with van der Waals surface area (Å²) in [6, 6.07) is 28.2. The summed E-state index contributed by atoms with van der Waals surface area (Å²) in [7, 11) is 0. The van der Waals surface area contributed by atoms with Crippen LogP contribution in [-0.2, 0) is 5.41 Å². The molecule has 0 spiro atoms. The summed E-state index contributed by atoms with van der Waals surface area (Å²) in [6.45, 7) is 8.86. The number of hydrogen-bond donors (Lipinski definition) is 0. The first-order valence-electron chi connectivity index (χ1n) is 9.49. The van der Waals surface area contributed by atoms with Crippen LogP contribution in [0.15, 0.2) is 78.9 Å². The molecule has 27 heavy (non-hydrogen) atoms. The van der Waals surface area contributed by atoms with Crippen LogP contribution < -0.4 is 0 Å². The standard InChI is InChI=1S/C26H25N/c1-18-9-11-20(12-10-18)25-17-23(22-7-5-6-8-24(22)27-25)19-13-15-21(16-14-19)26(2,3)4/h5-17H,1-4H3. The van der Waals surface area contributed by atoms with Crippen LogP contribution in [0.4, 0.5) is 0 Å². The van der Waals surface area contributed by atoms with Crippen LogP contribution in [0.2, 0.25) is 0 Å². The van der Waals surface area contributed by atoms with E-state index in [1.54, 1.807) is 0 Å². The second kappa shape index (κ2) is 6.66. The van der Waals surface area contributed by atoms with Crippen LogP contribution >= 0.6 is 0 Å². The average Bonchev–Trinajstić information content (AvgIpc) is 2.67. The van der Waals surface area contributed by atoms with Gasteiger partial charge in [0.25, 0.3) is 0 Å². The van der Waals surface area contributed by atoms with Gasteiger partial charge in [0.05, 0.1) is 11.2 Å². The molecule has 0 N–H and O–H groups in total. The Morgan fingerprint density at radius 2 is 1.33 bits per heavy atom. The largest absolute Gasteiger partial charge is 0.248 e. The molecule has 0 aliphatic heterocycles. The summed E-state index contributed by atoms with van der Waals surface area (Å²) < 4.78 is 0. The van der Waals surface area contributed by atoms with E-state index in [2.05, 4.69) is 107 Å². The summed E-state index contributed by atoms with van der Waals surface area (Å²) in [5, 5.41) is 1.19. The van der Waals surface area contributed by atoms with Crippen LogP contribution in [0.5, 0.6) is 0 Å². The number of nitrogens with zero attached hydrogens (tertiary/aromatic N) is 1. The Labute approximate surface area is 161 Å². The van der Waals surface area contributed by atoms with Gasteiger partial charge in [0.2, 0.25) is 0 Å². The number of rotatable bonds is 2. The van der Waals surface area contributed by atoms with Crippen molar-refractivity contribution >= 4 is 10.9 Å². The van der Waals surface area contributed by atoms with Crippen LogP contribution in [0.3, 0.4) is 0 Å². The van der Waals surface area contributed by atoms with Gasteiger partial charge < -0.3 is 0 Å². The lowest BCUT2D eigenvalue weighted by atomic mass is 9.86. The van der Waals surface area contributed by atoms with Gasteiger partial charge in [-0.2, -0.15) is 0 Å². The van der Waals surface area contributed by atoms with Gasteiger partial charge in [-0.15, -0.1) is 0 Å². The van der Waals surface area contributed by atoms with Crippen molar-refractivity contribution in [3.8, 4) is 22.4 Å². The van der Waals surface area contributed by atoms with Gasteiger partial charge in [-0.05, 0) is 41.2 Å². The second-order valence-corrected chi connectivity index (χ2v) is 8.27. The topological polar surface area (TPSA) is 12.9 Å². The third kappa shape index (κ3) is 3.50. The van der Waals surface area contributed by atoms with Crippen molar-refractivity contribution in [2.75, 3.05) is 0 Å². The highest BCUT2D eigenvalue weighted by molar-refractivity contribution is 5.96. The van der Waals surface area contributed by atoms with E-state index in [1.807, 2.05) is 0 Å². The fourth-order valence-electron chi connectivity index (χ4n) is 3.44. The van der Waals surface area contributed by atoms with Crippen molar-refractivity contribution in [1.82, 2.24) is 4.98 Å². The molecule has 0 radical (unpaired) electrons. The minimum atomic E-state index is 0.159. The molecular formula is C26H25N. The van der Waals surface area contributed by atoms with Crippen LogP contribution in [0.1, 0.15) is 31.9 Å². The van der Waals surface area contributed by atoms with Crippen molar-refractivity contribution in [2.45, 2.75) is 33.1 Å². The maximum absolute atomic E-state index is 4.92. The third-order valence-electron chi connectivity index (χ3n) is 5.13. The maximum atomic E-state index is 4.92. The smallest absolute Gasteiger partial charge is 0.0715 e. The van der Waals surface area contributed by atoms with E-state index in [0.29, 0.717) is 0 Å². The SMILES string of the molecule is Cc1ccc(-c2cc(-c3ccc(C(C)(C)C)cc3)c3ccccc3n2)cc1. The molecular weight excluding hydrogens is 326 g/mol. The first-order valence-corrected chi connectivity index (χ1v) is 9.49. The molecule has 1 heterocycles. The monoisotopic (exact) mass is 351 g/mol. The fraction of sp³-hybridized carbons (Fsp3) is 0.192. The summed E-state index contributed by atoms with van der Waals surface area (Å²) in [4.78, 5) is 4.92. The predicted octanol–water partition coefficient (Wildman–Crippen LogP) is 7.17. The van der Waals surface area contributed by atoms with Gasteiger partial charge >= 0.3 is 0 Å². The van der Waals surface area contributed by atoms with E-state index in [-0.39, 0.29) is 5.41 Å². The molecule has 0 fully saturated rings. The fourth-order valence-corrected chi connectivity index (χ4v) is 3.44. The molecule has 0 aliphatic carbocycles. The van der Waals surface area contributed by atoms with Crippen molar-refractivity contribution in [2.24, 2.45) is 0 Å². The first-order chi connectivity index (χ1) is 12.9. The molecule has 0 atom stereocenters. The highest BCUT2D eigenvalue weighted by Gasteiger charge is 2.14. The summed E-state index contributed by atoms with van der Waals surface area (Å²) in [5.74, 6) is 0. The van der Waals surface area contributed by atoms with Gasteiger partial charge in [0.15, 0.2) is 0 Å². The lowest BCUT2D eigenvalue weighted by molar-refractivity contribution is 0.590. The van der Waals surface area contributed by atoms with E-state index in [0.717, 1.165) is 16.8 Å². The van der Waals surface area contributed by atoms with Crippen LogP contribution in [-0.4, -0.2) is 4.98 Å². The number of hydrogen-bond acceptors (Lipinski definition) is 1. The molecule has 4 aromatic rings. The van der Waals surface area contributed by atoms with E-state index in [1.165, 1.54) is 27.6 Å². The normalized spacial score (nSPS) is 11.7. The molecule has 0 bridgehead atoms. The molecule has 134 valence electrons. The van der Waals surface area contributed by atoms with Gasteiger partial charge in [-0.1, -0.05) is 93.1 Å². The number of aromatic nitrogens is 1. The number of pyridine rings is 1. The highest BCUT2D eigenvalue weighted by atomic mass is 14.7. The Morgan fingerprint density at radius 3 is 2.00 bits per heavy atom. The quantitative estimate of drug-likeness (QED) is 0.373. The molecule has 0 saturated carbocycles. The highest BCUT2D eigenvalue weighted by Crippen LogP contribution is 2.33. The molecule has 1 heteroatoms. The lowest BCUT2D eigenvalue weighted by Crippen LogP contribution is -2.10. The predicted molar refractivity (Wildman–Crippen MR) is 116 cm³/mol. The van der Waals surface area contributed by atoms with E-state index < -0.39 is 0 Å². The molecule has 0 aliphatic rings. The van der Waals surface area contributed by atoms with Crippen molar-refractivity contribution < 1.29 is 0 Å². The Kier molecular flexibility index (Phi) is 4.31. The zero-order valence-corrected chi connectivity index (χ0v) is 16.5. The van der Waals surface area contributed by atoms with E-state index in [4.69, 9.17) is 4.98 Å². The van der Waals surface area contributed by atoms with Crippen molar-refractivity contribution in [3.63, 3.8) is 0 Å². The van der Waals surface area contributed by atoms with Gasteiger partial charge in [-0.25, -0.2) is 4.98 Å². The van der Waals surface area contributed by atoms with Crippen molar-refractivity contribution in [3.05, 3.63) is 90.0 Å². The van der Waals surface area contributed by atoms with Gasteiger partial charge in [0, 0.05) is 10.9 Å². The number of aryl methyl sites for hydroxylation is 1. The van der Waals surface area contributed by atoms with Gasteiger partial charge in [-0.3, -0.25) is 0 Å². The Bertz CT molecular complexity index is 1080. The molecule has 0 unspecified atom stereocenters. The molecule has 3 aromatic carbocycles. The minimum absolute atomic E-state index is 0.159. The van der Waals surface area contributed by atoms with Crippen molar-refractivity contribution in [1.29, 1.82) is 0 Å². The zero-order chi connectivity index (χ0) is 19.0. The van der Waals surface area contributed by atoms with Gasteiger partial charge in [0.1, 0.15) is 0 Å². The van der Waals surface area contributed by atoms with E-state index >= 15 is 0 Å². The lowest BCUT2D eigenvalue weighted by Gasteiger charge is -2.19. The Hall–Kier alpha value is -2.93. The molecule has 0 saturated heterocycles. The first kappa shape index (κ1) is 17.5. The van der Waals surface area contributed by atoms with Crippen LogP contribution in [0, 0.1) is 6.92 Å². The molecule has 1 nitrogen and oxygen atoms in total. The van der Waals surface area contributed by atoms with E-state index in [9.17, 15) is 0 Å². The molecule has 0 amide bonds. The average molecular weight is 351 g/mol. The minimum Gasteiger partial charge on any atom is -0.248 e. The summed E-state index contributed by atoms with van der Waals surface area (Å²) >= 11 is 0. The number of fused-ring (bicyclic) bond motifs is 1. The zero-order valence-electron chi connectivity index (χ0n) is 16.5. The Balaban J connectivity index is 1.90.